The lowest BCUT2D eigenvalue weighted by atomic mass is 10.0. The van der Waals surface area contributed by atoms with Crippen molar-refractivity contribution in [1.82, 2.24) is 0 Å². The molecule has 0 radical (unpaired) electrons. The number of benzene rings is 2. The maximum absolute atomic E-state index is 10.7. The van der Waals surface area contributed by atoms with Gasteiger partial charge >= 0.3 is 0 Å². The first-order valence-corrected chi connectivity index (χ1v) is 6.23. The lowest BCUT2D eigenvalue weighted by Crippen LogP contribution is -2.02. The van der Waals surface area contributed by atoms with Crippen molar-refractivity contribution in [3.8, 4) is 11.1 Å². The van der Waals surface area contributed by atoms with Gasteiger partial charge in [0.1, 0.15) is 0 Å². The average molecular weight is 277 g/mol. The normalized spacial score (nSPS) is 10.4. The third kappa shape index (κ3) is 3.10. The number of nitro groups is 1. The Hall–Kier alpha value is -1.91. The van der Waals surface area contributed by atoms with Crippen molar-refractivity contribution in [2.24, 2.45) is 5.73 Å². The molecule has 0 aromatic heterocycles. The first-order chi connectivity index (χ1) is 9.11. The third-order valence-corrected chi connectivity index (χ3v) is 3.17. The van der Waals surface area contributed by atoms with E-state index in [4.69, 9.17) is 17.3 Å². The average Bonchev–Trinajstić information content (AvgIpc) is 2.40. The number of nitrogens with two attached hydrogens (primary N) is 1. The molecule has 0 unspecified atom stereocenters. The standard InChI is InChI=1S/C14H13ClN2O2/c15-14-9-12(17(18)19)5-6-13(14)11-3-1-10(2-4-11)7-8-16/h1-6,9H,7-8,16H2. The van der Waals surface area contributed by atoms with Crippen molar-refractivity contribution < 1.29 is 4.92 Å². The van der Waals surface area contributed by atoms with Gasteiger partial charge in [0.25, 0.3) is 5.69 Å². The van der Waals surface area contributed by atoms with Crippen molar-refractivity contribution in [2.45, 2.75) is 6.42 Å². The van der Waals surface area contributed by atoms with Crippen molar-refractivity contribution >= 4 is 17.3 Å². The number of non-ortho nitro benzene ring substituents is 1. The minimum Gasteiger partial charge on any atom is -0.330 e. The van der Waals surface area contributed by atoms with E-state index < -0.39 is 4.92 Å². The number of halogens is 1. The van der Waals surface area contributed by atoms with Crippen LogP contribution in [0.15, 0.2) is 42.5 Å². The summed E-state index contributed by atoms with van der Waals surface area (Å²) in [6.07, 6.45) is 0.828. The van der Waals surface area contributed by atoms with E-state index in [1.807, 2.05) is 24.3 Å². The Morgan fingerprint density at radius 3 is 2.37 bits per heavy atom. The van der Waals surface area contributed by atoms with Gasteiger partial charge in [-0.2, -0.15) is 0 Å². The van der Waals surface area contributed by atoms with Crippen LogP contribution in [0.1, 0.15) is 5.56 Å². The summed E-state index contributed by atoms with van der Waals surface area (Å²) in [6.45, 7) is 0.609. The predicted molar refractivity (Wildman–Crippen MR) is 76.3 cm³/mol. The molecule has 19 heavy (non-hydrogen) atoms. The largest absolute Gasteiger partial charge is 0.330 e. The molecule has 0 saturated carbocycles. The molecule has 5 heteroatoms. The van der Waals surface area contributed by atoms with Gasteiger partial charge in [0.2, 0.25) is 0 Å². The summed E-state index contributed by atoms with van der Waals surface area (Å²) in [5.74, 6) is 0. The van der Waals surface area contributed by atoms with Crippen LogP contribution in [0.2, 0.25) is 5.02 Å². The lowest BCUT2D eigenvalue weighted by molar-refractivity contribution is -0.384. The molecule has 0 spiro atoms. The summed E-state index contributed by atoms with van der Waals surface area (Å²) in [7, 11) is 0. The van der Waals surface area contributed by atoms with E-state index >= 15 is 0 Å². The molecule has 0 aliphatic heterocycles. The number of nitro benzene ring substituents is 1. The van der Waals surface area contributed by atoms with Crippen LogP contribution in [-0.2, 0) is 6.42 Å². The number of hydrogen-bond acceptors (Lipinski definition) is 3. The number of hydrogen-bond donors (Lipinski definition) is 1. The van der Waals surface area contributed by atoms with Crippen molar-refractivity contribution in [3.05, 3.63) is 63.2 Å². The highest BCUT2D eigenvalue weighted by molar-refractivity contribution is 6.33. The topological polar surface area (TPSA) is 69.2 Å². The highest BCUT2D eigenvalue weighted by atomic mass is 35.5. The molecule has 2 aromatic carbocycles. The zero-order valence-electron chi connectivity index (χ0n) is 10.2. The van der Waals surface area contributed by atoms with Crippen LogP contribution in [0.3, 0.4) is 0 Å². The SMILES string of the molecule is NCCc1ccc(-c2ccc([N+](=O)[O-])cc2Cl)cc1. The van der Waals surface area contributed by atoms with Gasteiger partial charge in [0, 0.05) is 17.7 Å². The summed E-state index contributed by atoms with van der Waals surface area (Å²) in [4.78, 5) is 10.2. The molecule has 98 valence electrons. The second-order valence-corrected chi connectivity index (χ2v) is 4.56. The molecule has 2 aromatic rings. The fourth-order valence-corrected chi connectivity index (χ4v) is 2.15. The highest BCUT2D eigenvalue weighted by Gasteiger charge is 2.10. The fourth-order valence-electron chi connectivity index (χ4n) is 1.87. The minimum atomic E-state index is -0.458. The Labute approximate surface area is 116 Å². The monoisotopic (exact) mass is 276 g/mol. The predicted octanol–water partition coefficient (Wildman–Crippen LogP) is 3.42. The second kappa shape index (κ2) is 5.82. The smallest absolute Gasteiger partial charge is 0.270 e. The fraction of sp³-hybridized carbons (Fsp3) is 0.143. The summed E-state index contributed by atoms with van der Waals surface area (Å²) < 4.78 is 0. The quantitative estimate of drug-likeness (QED) is 0.687. The lowest BCUT2D eigenvalue weighted by Gasteiger charge is -2.06. The zero-order chi connectivity index (χ0) is 13.8. The molecule has 0 aliphatic rings. The molecule has 2 N–H and O–H groups in total. The summed E-state index contributed by atoms with van der Waals surface area (Å²) in [6, 6.07) is 12.3. The van der Waals surface area contributed by atoms with Gasteiger partial charge in [0.15, 0.2) is 0 Å². The van der Waals surface area contributed by atoms with Crippen LogP contribution < -0.4 is 5.73 Å². The van der Waals surface area contributed by atoms with Crippen LogP contribution in [0.5, 0.6) is 0 Å². The van der Waals surface area contributed by atoms with Crippen LogP contribution in [0.25, 0.3) is 11.1 Å². The highest BCUT2D eigenvalue weighted by Crippen LogP contribution is 2.31. The second-order valence-electron chi connectivity index (χ2n) is 4.16. The van der Waals surface area contributed by atoms with Gasteiger partial charge in [-0.3, -0.25) is 10.1 Å². The molecular formula is C14H13ClN2O2. The van der Waals surface area contributed by atoms with Crippen LogP contribution >= 0.6 is 11.6 Å². The molecule has 0 bridgehead atoms. The molecule has 4 nitrogen and oxygen atoms in total. The molecule has 0 heterocycles. The molecule has 2 rings (SSSR count). The van der Waals surface area contributed by atoms with Crippen LogP contribution in [0.4, 0.5) is 5.69 Å². The third-order valence-electron chi connectivity index (χ3n) is 2.86. The zero-order valence-corrected chi connectivity index (χ0v) is 10.9. The van der Waals surface area contributed by atoms with Gasteiger partial charge in [-0.05, 0) is 30.2 Å². The molecule has 0 amide bonds. The first kappa shape index (κ1) is 13.5. The van der Waals surface area contributed by atoms with E-state index in [0.29, 0.717) is 11.6 Å². The number of nitrogens with zero attached hydrogens (tertiary/aromatic N) is 1. The maximum Gasteiger partial charge on any atom is 0.270 e. The van der Waals surface area contributed by atoms with Crippen LogP contribution in [-0.4, -0.2) is 11.5 Å². The van der Waals surface area contributed by atoms with E-state index in [1.165, 1.54) is 12.1 Å². The van der Waals surface area contributed by atoms with Gasteiger partial charge in [0.05, 0.1) is 9.95 Å². The first-order valence-electron chi connectivity index (χ1n) is 5.85. The van der Waals surface area contributed by atoms with Crippen molar-refractivity contribution in [3.63, 3.8) is 0 Å². The van der Waals surface area contributed by atoms with E-state index in [1.54, 1.807) is 6.07 Å². The van der Waals surface area contributed by atoms with Gasteiger partial charge in [-0.1, -0.05) is 35.9 Å². The summed E-state index contributed by atoms with van der Waals surface area (Å²) in [5, 5.41) is 11.0. The van der Waals surface area contributed by atoms with Gasteiger partial charge < -0.3 is 5.73 Å². The minimum absolute atomic E-state index is 0.00602. The Kier molecular flexibility index (Phi) is 4.14. The Balaban J connectivity index is 2.33. The van der Waals surface area contributed by atoms with E-state index in [-0.39, 0.29) is 5.69 Å². The van der Waals surface area contributed by atoms with Gasteiger partial charge in [-0.15, -0.1) is 0 Å². The molecule has 0 fully saturated rings. The Morgan fingerprint density at radius 1 is 1.16 bits per heavy atom. The number of rotatable bonds is 4. The van der Waals surface area contributed by atoms with E-state index in [2.05, 4.69) is 0 Å². The van der Waals surface area contributed by atoms with Gasteiger partial charge in [-0.25, -0.2) is 0 Å². The molecular weight excluding hydrogens is 264 g/mol. The summed E-state index contributed by atoms with van der Waals surface area (Å²) in [5.41, 5.74) is 8.36. The van der Waals surface area contributed by atoms with Crippen molar-refractivity contribution in [2.75, 3.05) is 6.54 Å². The molecule has 0 atom stereocenters. The maximum atomic E-state index is 10.7. The van der Waals surface area contributed by atoms with E-state index in [9.17, 15) is 10.1 Å². The van der Waals surface area contributed by atoms with Crippen LogP contribution in [0, 0.1) is 10.1 Å². The van der Waals surface area contributed by atoms with Crippen molar-refractivity contribution in [1.29, 1.82) is 0 Å². The van der Waals surface area contributed by atoms with E-state index in [0.717, 1.165) is 23.1 Å². The molecule has 0 saturated heterocycles. The Bertz CT molecular complexity index is 597. The Morgan fingerprint density at radius 2 is 1.84 bits per heavy atom. The summed E-state index contributed by atoms with van der Waals surface area (Å²) >= 11 is 6.08. The molecule has 0 aliphatic carbocycles.